The van der Waals surface area contributed by atoms with Crippen LogP contribution in [0.25, 0.3) is 0 Å². The van der Waals surface area contributed by atoms with Gasteiger partial charge in [-0.1, -0.05) is 38.5 Å². The minimum Gasteiger partial charge on any atom is -0.481 e. The molecule has 1 aromatic carbocycles. The number of hydrogen-bond donors (Lipinski definition) is 3. The molecular weight excluding hydrogens is 424 g/mol. The highest BCUT2D eigenvalue weighted by molar-refractivity contribution is 7.17. The summed E-state index contributed by atoms with van der Waals surface area (Å²) in [6.45, 7) is 10.7. The molecule has 1 atom stereocenters. The predicted octanol–water partition coefficient (Wildman–Crippen LogP) is 5.57. The van der Waals surface area contributed by atoms with E-state index in [0.29, 0.717) is 16.5 Å². The Hall–Kier alpha value is -2.67. The van der Waals surface area contributed by atoms with E-state index in [4.69, 9.17) is 5.11 Å². The predicted molar refractivity (Wildman–Crippen MR) is 129 cm³/mol. The van der Waals surface area contributed by atoms with Crippen LogP contribution < -0.4 is 10.6 Å². The van der Waals surface area contributed by atoms with Gasteiger partial charge in [-0.15, -0.1) is 11.3 Å². The van der Waals surface area contributed by atoms with Crippen LogP contribution in [-0.4, -0.2) is 22.9 Å². The van der Waals surface area contributed by atoms with Gasteiger partial charge >= 0.3 is 5.97 Å². The van der Waals surface area contributed by atoms with Crippen LogP contribution in [0.3, 0.4) is 0 Å². The third-order valence-electron chi connectivity index (χ3n) is 6.17. The van der Waals surface area contributed by atoms with Gasteiger partial charge in [-0.25, -0.2) is 0 Å². The normalized spacial score (nSPS) is 15.7. The Balaban J connectivity index is 1.93. The van der Waals surface area contributed by atoms with E-state index in [1.165, 1.54) is 11.3 Å². The summed E-state index contributed by atoms with van der Waals surface area (Å²) in [7, 11) is 0. The number of carbonyl (C=O) groups is 3. The van der Waals surface area contributed by atoms with Crippen LogP contribution in [0, 0.1) is 25.2 Å². The average molecular weight is 457 g/mol. The molecule has 2 aromatic rings. The second-order valence-corrected chi connectivity index (χ2v) is 10.8. The number of hydrogen-bond acceptors (Lipinski definition) is 4. The number of carboxylic acids is 1. The molecule has 0 radical (unpaired) electrons. The van der Waals surface area contributed by atoms with Gasteiger partial charge in [-0.3, -0.25) is 14.4 Å². The Bertz CT molecular complexity index is 1050. The molecule has 0 spiro atoms. The quantitative estimate of drug-likeness (QED) is 0.529. The maximum atomic E-state index is 13.4. The summed E-state index contributed by atoms with van der Waals surface area (Å²) >= 11 is 1.45. The second kappa shape index (κ2) is 9.45. The summed E-state index contributed by atoms with van der Waals surface area (Å²) in [6.07, 6.45) is 2.28. The number of carboxylic acid groups (broad SMARTS) is 1. The second-order valence-electron chi connectivity index (χ2n) is 9.73. The van der Waals surface area contributed by atoms with Crippen molar-refractivity contribution in [2.45, 2.75) is 66.7 Å². The van der Waals surface area contributed by atoms with Gasteiger partial charge in [0.1, 0.15) is 5.00 Å². The summed E-state index contributed by atoms with van der Waals surface area (Å²) in [5.74, 6) is -1.15. The number of anilines is 2. The first-order valence-electron chi connectivity index (χ1n) is 11.0. The lowest BCUT2D eigenvalue weighted by atomic mass is 9.72. The van der Waals surface area contributed by atoms with E-state index in [1.54, 1.807) is 0 Å². The summed E-state index contributed by atoms with van der Waals surface area (Å²) in [5, 5.41) is 15.2. The van der Waals surface area contributed by atoms with E-state index in [9.17, 15) is 14.4 Å². The van der Waals surface area contributed by atoms with Gasteiger partial charge in [-0.05, 0) is 61.6 Å². The van der Waals surface area contributed by atoms with Gasteiger partial charge in [-0.2, -0.15) is 0 Å². The van der Waals surface area contributed by atoms with Crippen LogP contribution in [0.1, 0.15) is 72.0 Å². The van der Waals surface area contributed by atoms with Gasteiger partial charge < -0.3 is 15.7 Å². The first-order chi connectivity index (χ1) is 15.0. The minimum absolute atomic E-state index is 0.124. The summed E-state index contributed by atoms with van der Waals surface area (Å²) in [4.78, 5) is 37.7. The molecule has 1 unspecified atom stereocenters. The van der Waals surface area contributed by atoms with Crippen molar-refractivity contribution in [2.24, 2.45) is 11.3 Å². The van der Waals surface area contributed by atoms with Gasteiger partial charge in [0.2, 0.25) is 5.91 Å². The molecule has 2 amide bonds. The third-order valence-corrected chi connectivity index (χ3v) is 7.34. The molecule has 7 heteroatoms. The van der Waals surface area contributed by atoms with E-state index >= 15 is 0 Å². The molecule has 0 fully saturated rings. The molecular formula is C25H32N2O4S. The van der Waals surface area contributed by atoms with Crippen LogP contribution >= 0.6 is 11.3 Å². The molecule has 172 valence electrons. The van der Waals surface area contributed by atoms with Crippen LogP contribution in [0.15, 0.2) is 18.2 Å². The lowest BCUT2D eigenvalue weighted by Gasteiger charge is -2.33. The van der Waals surface area contributed by atoms with Crippen LogP contribution in [0.5, 0.6) is 0 Å². The Kier molecular flexibility index (Phi) is 7.08. The van der Waals surface area contributed by atoms with Crippen LogP contribution in [0.2, 0.25) is 0 Å². The van der Waals surface area contributed by atoms with Crippen molar-refractivity contribution in [2.75, 3.05) is 10.6 Å². The molecule has 3 rings (SSSR count). The number of aliphatic carboxylic acids is 1. The Morgan fingerprint density at radius 2 is 1.84 bits per heavy atom. The van der Waals surface area contributed by atoms with Crippen molar-refractivity contribution < 1.29 is 19.5 Å². The van der Waals surface area contributed by atoms with Gasteiger partial charge in [0.05, 0.1) is 12.0 Å². The molecule has 0 saturated heterocycles. The molecule has 0 bridgehead atoms. The smallest absolute Gasteiger partial charge is 0.303 e. The standard InChI is InChI=1S/C25H32N2O4S/c1-14-6-9-18(15(2)12-14)26-23(31)22-17-8-7-16(25(3,4)5)13-19(17)32-24(22)27-20(28)10-11-21(29)30/h6,9,12,16H,7-8,10-11,13H2,1-5H3,(H,26,31)(H,27,28)(H,29,30). The molecule has 32 heavy (non-hydrogen) atoms. The number of benzene rings is 1. The molecule has 1 heterocycles. The highest BCUT2D eigenvalue weighted by atomic mass is 32.1. The fourth-order valence-electron chi connectivity index (χ4n) is 4.20. The Labute approximate surface area is 193 Å². The van der Waals surface area contributed by atoms with Crippen molar-refractivity contribution in [3.8, 4) is 0 Å². The molecule has 0 aliphatic heterocycles. The summed E-state index contributed by atoms with van der Waals surface area (Å²) < 4.78 is 0. The SMILES string of the molecule is Cc1ccc(NC(=O)c2c(NC(=O)CCC(=O)O)sc3c2CCC(C(C)(C)C)C3)c(C)c1. The van der Waals surface area contributed by atoms with E-state index in [1.807, 2.05) is 32.0 Å². The minimum atomic E-state index is -1.02. The maximum Gasteiger partial charge on any atom is 0.303 e. The molecule has 1 aliphatic rings. The largest absolute Gasteiger partial charge is 0.481 e. The molecule has 1 aromatic heterocycles. The summed E-state index contributed by atoms with van der Waals surface area (Å²) in [6, 6.07) is 5.86. The zero-order chi connectivity index (χ0) is 23.6. The lowest BCUT2D eigenvalue weighted by molar-refractivity contribution is -0.138. The van der Waals surface area contributed by atoms with Crippen molar-refractivity contribution >= 4 is 39.8 Å². The number of rotatable bonds is 6. The average Bonchev–Trinajstić information content (AvgIpc) is 3.04. The van der Waals surface area contributed by atoms with E-state index in [-0.39, 0.29) is 30.1 Å². The Morgan fingerprint density at radius 3 is 2.47 bits per heavy atom. The lowest BCUT2D eigenvalue weighted by Crippen LogP contribution is -2.27. The zero-order valence-corrected chi connectivity index (χ0v) is 20.2. The van der Waals surface area contributed by atoms with E-state index in [2.05, 4.69) is 31.4 Å². The maximum absolute atomic E-state index is 13.4. The Morgan fingerprint density at radius 1 is 1.12 bits per heavy atom. The molecule has 3 N–H and O–H groups in total. The van der Waals surface area contributed by atoms with Crippen LogP contribution in [0.4, 0.5) is 10.7 Å². The fraction of sp³-hybridized carbons (Fsp3) is 0.480. The van der Waals surface area contributed by atoms with E-state index in [0.717, 1.165) is 46.5 Å². The monoisotopic (exact) mass is 456 g/mol. The van der Waals surface area contributed by atoms with Crippen molar-refractivity contribution in [3.63, 3.8) is 0 Å². The number of carbonyl (C=O) groups excluding carboxylic acids is 2. The van der Waals surface area contributed by atoms with Crippen molar-refractivity contribution in [3.05, 3.63) is 45.3 Å². The highest BCUT2D eigenvalue weighted by Gasteiger charge is 2.34. The highest BCUT2D eigenvalue weighted by Crippen LogP contribution is 2.44. The van der Waals surface area contributed by atoms with Gasteiger partial charge in [0, 0.05) is 17.0 Å². The first-order valence-corrected chi connectivity index (χ1v) is 11.8. The number of thiophene rings is 1. The number of amides is 2. The van der Waals surface area contributed by atoms with Crippen LogP contribution in [-0.2, 0) is 22.4 Å². The molecule has 6 nitrogen and oxygen atoms in total. The van der Waals surface area contributed by atoms with E-state index < -0.39 is 5.97 Å². The van der Waals surface area contributed by atoms with Crippen molar-refractivity contribution in [1.82, 2.24) is 0 Å². The number of fused-ring (bicyclic) bond motifs is 1. The number of aryl methyl sites for hydroxylation is 2. The number of nitrogens with one attached hydrogen (secondary N) is 2. The van der Waals surface area contributed by atoms with Gasteiger partial charge in [0.15, 0.2) is 0 Å². The van der Waals surface area contributed by atoms with Crippen molar-refractivity contribution in [1.29, 1.82) is 0 Å². The zero-order valence-electron chi connectivity index (χ0n) is 19.4. The molecule has 0 saturated carbocycles. The fourth-order valence-corrected chi connectivity index (χ4v) is 5.54. The molecule has 1 aliphatic carbocycles. The van der Waals surface area contributed by atoms with Gasteiger partial charge in [0.25, 0.3) is 5.91 Å². The first kappa shape index (κ1) is 24.0. The summed E-state index contributed by atoms with van der Waals surface area (Å²) in [5.41, 5.74) is 4.52. The third kappa shape index (κ3) is 5.57. The topological polar surface area (TPSA) is 95.5 Å².